The fourth-order valence-corrected chi connectivity index (χ4v) is 2.59. The number of nitrogens with zero attached hydrogens (tertiary/aromatic N) is 1. The normalized spacial score (nSPS) is 11.7. The lowest BCUT2D eigenvalue weighted by atomic mass is 10.3. The maximum absolute atomic E-state index is 12.5. The monoisotopic (exact) mass is 358 g/mol. The molecule has 0 fully saturated rings. The number of aromatic amines is 1. The van der Waals surface area contributed by atoms with Gasteiger partial charge in [0, 0.05) is 11.1 Å². The maximum atomic E-state index is 12.5. The van der Waals surface area contributed by atoms with Crippen LogP contribution in [-0.2, 0) is 6.18 Å². The molecule has 2 aromatic rings. The van der Waals surface area contributed by atoms with E-state index in [1.54, 1.807) is 4.98 Å². The van der Waals surface area contributed by atoms with Crippen molar-refractivity contribution in [2.75, 3.05) is 0 Å². The number of nitrogens with one attached hydrogen (secondary N) is 1. The van der Waals surface area contributed by atoms with Crippen LogP contribution in [-0.4, -0.2) is 9.55 Å². The first kappa shape index (κ1) is 15.9. The lowest BCUT2D eigenvalue weighted by Gasteiger charge is -2.11. The van der Waals surface area contributed by atoms with Crippen LogP contribution in [0.15, 0.2) is 27.8 Å². The van der Waals surface area contributed by atoms with Crippen molar-refractivity contribution in [1.82, 2.24) is 9.55 Å². The molecule has 0 saturated heterocycles. The van der Waals surface area contributed by atoms with Gasteiger partial charge < -0.3 is 4.98 Å². The predicted octanol–water partition coefficient (Wildman–Crippen LogP) is 3.50. The highest BCUT2D eigenvalue weighted by Crippen LogP contribution is 2.31. The quantitative estimate of drug-likeness (QED) is 0.847. The number of hydrogen-bond acceptors (Lipinski definition) is 2. The van der Waals surface area contributed by atoms with Crippen LogP contribution in [0, 0.1) is 0 Å². The number of benzene rings is 1. The van der Waals surface area contributed by atoms with Gasteiger partial charge in [-0.1, -0.05) is 34.8 Å². The molecule has 0 saturated carbocycles. The van der Waals surface area contributed by atoms with E-state index in [4.69, 9.17) is 34.8 Å². The Morgan fingerprint density at radius 1 is 1.00 bits per heavy atom. The summed E-state index contributed by atoms with van der Waals surface area (Å²) in [5.41, 5.74) is -4.25. The largest absolute Gasteiger partial charge is 0.431 e. The van der Waals surface area contributed by atoms with Crippen LogP contribution >= 0.6 is 34.8 Å². The van der Waals surface area contributed by atoms with E-state index in [9.17, 15) is 22.8 Å². The second-order valence-corrected chi connectivity index (χ2v) is 5.13. The molecule has 0 aliphatic heterocycles. The number of hydrogen-bond donors (Lipinski definition) is 1. The molecular formula is C11H4Cl3F3N2O2. The van der Waals surface area contributed by atoms with Crippen LogP contribution in [0.5, 0.6) is 0 Å². The molecular weight excluding hydrogens is 355 g/mol. The lowest BCUT2D eigenvalue weighted by Crippen LogP contribution is -2.36. The molecule has 1 aromatic carbocycles. The van der Waals surface area contributed by atoms with Gasteiger partial charge in [-0.15, -0.1) is 0 Å². The van der Waals surface area contributed by atoms with Gasteiger partial charge in [-0.2, -0.15) is 13.2 Å². The fourth-order valence-electron chi connectivity index (χ4n) is 1.61. The summed E-state index contributed by atoms with van der Waals surface area (Å²) in [7, 11) is 0. The van der Waals surface area contributed by atoms with Gasteiger partial charge in [-0.05, 0) is 12.1 Å². The van der Waals surface area contributed by atoms with Gasteiger partial charge in [0.2, 0.25) is 0 Å². The number of aromatic nitrogens is 2. The number of halogens is 6. The zero-order chi connectivity index (χ0) is 15.9. The van der Waals surface area contributed by atoms with Gasteiger partial charge in [0.1, 0.15) is 5.69 Å². The van der Waals surface area contributed by atoms with E-state index in [0.717, 1.165) is 0 Å². The van der Waals surface area contributed by atoms with Crippen LogP contribution in [0.2, 0.25) is 15.1 Å². The molecule has 0 atom stereocenters. The van der Waals surface area contributed by atoms with Crippen LogP contribution in [0.25, 0.3) is 5.69 Å². The van der Waals surface area contributed by atoms with Crippen molar-refractivity contribution in [3.8, 4) is 5.69 Å². The first-order valence-corrected chi connectivity index (χ1v) is 6.33. The molecule has 112 valence electrons. The molecule has 2 rings (SSSR count). The summed E-state index contributed by atoms with van der Waals surface area (Å²) < 4.78 is 37.9. The Balaban J connectivity index is 2.79. The van der Waals surface area contributed by atoms with Gasteiger partial charge in [-0.3, -0.25) is 4.79 Å². The van der Waals surface area contributed by atoms with E-state index in [0.29, 0.717) is 4.57 Å². The van der Waals surface area contributed by atoms with Crippen molar-refractivity contribution in [2.24, 2.45) is 0 Å². The van der Waals surface area contributed by atoms with E-state index in [1.807, 2.05) is 0 Å². The highest BCUT2D eigenvalue weighted by Gasteiger charge is 2.33. The SMILES string of the molecule is O=c1cc(C(F)(F)F)[nH]c(=O)n1-c1c(Cl)cc(Cl)cc1Cl. The Labute approximate surface area is 129 Å². The van der Waals surface area contributed by atoms with E-state index in [-0.39, 0.29) is 26.8 Å². The molecule has 0 unspecified atom stereocenters. The van der Waals surface area contributed by atoms with Crippen molar-refractivity contribution in [2.45, 2.75) is 6.18 Å². The molecule has 0 aliphatic carbocycles. The zero-order valence-corrected chi connectivity index (χ0v) is 12.0. The molecule has 1 aromatic heterocycles. The van der Waals surface area contributed by atoms with Crippen molar-refractivity contribution in [3.05, 3.63) is 59.8 Å². The molecule has 0 aliphatic rings. The zero-order valence-electron chi connectivity index (χ0n) is 9.76. The topological polar surface area (TPSA) is 54.9 Å². The summed E-state index contributed by atoms with van der Waals surface area (Å²) in [5, 5.41) is -0.162. The van der Waals surface area contributed by atoms with Gasteiger partial charge >= 0.3 is 11.9 Å². The third-order valence-electron chi connectivity index (χ3n) is 2.44. The molecule has 0 radical (unpaired) electrons. The van der Waals surface area contributed by atoms with Crippen molar-refractivity contribution < 1.29 is 13.2 Å². The third-order valence-corrected chi connectivity index (χ3v) is 3.24. The maximum Gasteiger partial charge on any atom is 0.431 e. The van der Waals surface area contributed by atoms with Crippen LogP contribution in [0.3, 0.4) is 0 Å². The van der Waals surface area contributed by atoms with E-state index in [1.165, 1.54) is 12.1 Å². The summed E-state index contributed by atoms with van der Waals surface area (Å²) in [6, 6.07) is 2.64. The summed E-state index contributed by atoms with van der Waals surface area (Å²) in [6.07, 6.45) is -4.86. The molecule has 0 spiro atoms. The Morgan fingerprint density at radius 2 is 1.52 bits per heavy atom. The average molecular weight is 360 g/mol. The molecule has 0 bridgehead atoms. The lowest BCUT2D eigenvalue weighted by molar-refractivity contribution is -0.141. The standard InChI is InChI=1S/C11H4Cl3F3N2O2/c12-4-1-5(13)9(6(14)2-4)19-8(20)3-7(11(15,16)17)18-10(19)21/h1-3H,(H,18,21). The Hall–Kier alpha value is -1.44. The van der Waals surface area contributed by atoms with Gasteiger partial charge in [0.15, 0.2) is 0 Å². The highest BCUT2D eigenvalue weighted by atomic mass is 35.5. The first-order valence-electron chi connectivity index (χ1n) is 5.20. The van der Waals surface area contributed by atoms with Gasteiger partial charge in [-0.25, -0.2) is 9.36 Å². The summed E-state index contributed by atoms with van der Waals surface area (Å²) >= 11 is 17.4. The molecule has 0 amide bonds. The minimum Gasteiger partial charge on any atom is -0.303 e. The van der Waals surface area contributed by atoms with Gasteiger partial charge in [0.25, 0.3) is 5.56 Å². The minimum atomic E-state index is -4.86. The van der Waals surface area contributed by atoms with Crippen molar-refractivity contribution >= 4 is 34.8 Å². The van der Waals surface area contributed by atoms with Crippen LogP contribution < -0.4 is 11.2 Å². The highest BCUT2D eigenvalue weighted by molar-refractivity contribution is 6.40. The molecule has 21 heavy (non-hydrogen) atoms. The van der Waals surface area contributed by atoms with E-state index >= 15 is 0 Å². The first-order chi connectivity index (χ1) is 9.61. The van der Waals surface area contributed by atoms with E-state index < -0.39 is 23.1 Å². The second-order valence-electron chi connectivity index (χ2n) is 3.88. The Kier molecular flexibility index (Phi) is 4.10. The molecule has 1 heterocycles. The molecule has 10 heteroatoms. The summed E-state index contributed by atoms with van der Waals surface area (Å²) in [4.78, 5) is 25.1. The molecule has 4 nitrogen and oxygen atoms in total. The third kappa shape index (κ3) is 3.09. The summed E-state index contributed by atoms with van der Waals surface area (Å²) in [5.74, 6) is 0. The van der Waals surface area contributed by atoms with Crippen molar-refractivity contribution in [1.29, 1.82) is 0 Å². The predicted molar refractivity (Wildman–Crippen MR) is 72.7 cm³/mol. The smallest absolute Gasteiger partial charge is 0.303 e. The van der Waals surface area contributed by atoms with E-state index in [2.05, 4.69) is 0 Å². The minimum absolute atomic E-state index is 0.144. The average Bonchev–Trinajstić information content (AvgIpc) is 2.29. The van der Waals surface area contributed by atoms with Crippen molar-refractivity contribution in [3.63, 3.8) is 0 Å². The Morgan fingerprint density at radius 3 is 1.95 bits per heavy atom. The second kappa shape index (κ2) is 5.40. The number of alkyl halides is 3. The van der Waals surface area contributed by atoms with Gasteiger partial charge in [0.05, 0.1) is 15.7 Å². The summed E-state index contributed by atoms with van der Waals surface area (Å²) in [6.45, 7) is 0. The number of H-pyrrole nitrogens is 1. The van der Waals surface area contributed by atoms with Crippen LogP contribution in [0.1, 0.15) is 5.69 Å². The fraction of sp³-hybridized carbons (Fsp3) is 0.0909. The van der Waals surface area contributed by atoms with Crippen LogP contribution in [0.4, 0.5) is 13.2 Å². The number of rotatable bonds is 1. The Bertz CT molecular complexity index is 772. The molecule has 1 N–H and O–H groups in total.